The first-order chi connectivity index (χ1) is 16.6. The molecule has 3 aromatic rings. The summed E-state index contributed by atoms with van der Waals surface area (Å²) in [7, 11) is 0. The van der Waals surface area contributed by atoms with Gasteiger partial charge in [0.15, 0.2) is 5.69 Å². The van der Waals surface area contributed by atoms with Crippen LogP contribution in [0.5, 0.6) is 11.6 Å². The number of anilines is 1. The number of benzene rings is 2. The first-order valence-corrected chi connectivity index (χ1v) is 11.0. The van der Waals surface area contributed by atoms with Crippen LogP contribution >= 0.6 is 0 Å². The molecule has 0 aliphatic carbocycles. The molecule has 6 nitrogen and oxygen atoms in total. The third-order valence-corrected chi connectivity index (χ3v) is 5.73. The van der Waals surface area contributed by atoms with Crippen molar-refractivity contribution in [3.63, 3.8) is 0 Å². The fourth-order valence-electron chi connectivity index (χ4n) is 3.72. The zero-order valence-electron chi connectivity index (χ0n) is 18.7. The van der Waals surface area contributed by atoms with Crippen molar-refractivity contribution in [2.24, 2.45) is 0 Å². The second-order valence-electron chi connectivity index (χ2n) is 8.36. The minimum absolute atomic E-state index is 0.0144. The van der Waals surface area contributed by atoms with Crippen molar-refractivity contribution in [2.45, 2.75) is 24.6 Å². The van der Waals surface area contributed by atoms with Crippen LogP contribution in [0.15, 0.2) is 67.2 Å². The van der Waals surface area contributed by atoms with E-state index in [1.165, 1.54) is 18.2 Å². The molecule has 0 radical (unpaired) electrons. The number of nitrogens with one attached hydrogen (secondary N) is 1. The minimum Gasteiger partial charge on any atom is -0.439 e. The van der Waals surface area contributed by atoms with Gasteiger partial charge in [-0.3, -0.25) is 0 Å². The lowest BCUT2D eigenvalue weighted by atomic mass is 9.91. The molecule has 1 fully saturated rings. The van der Waals surface area contributed by atoms with Crippen molar-refractivity contribution in [1.29, 1.82) is 0 Å². The third kappa shape index (κ3) is 6.27. The van der Waals surface area contributed by atoms with Gasteiger partial charge in [0.25, 0.3) is 0 Å². The van der Waals surface area contributed by atoms with E-state index in [1.54, 1.807) is 4.90 Å². The predicted molar refractivity (Wildman–Crippen MR) is 123 cm³/mol. The van der Waals surface area contributed by atoms with Gasteiger partial charge in [-0.2, -0.15) is 18.2 Å². The van der Waals surface area contributed by atoms with Crippen LogP contribution < -0.4 is 15.0 Å². The molecule has 4 rings (SSSR count). The molecule has 184 valence electrons. The summed E-state index contributed by atoms with van der Waals surface area (Å²) in [5.74, 6) is -1.10. The van der Waals surface area contributed by atoms with E-state index < -0.39 is 23.3 Å². The van der Waals surface area contributed by atoms with E-state index in [9.17, 15) is 22.7 Å². The molecule has 0 atom stereocenters. The Morgan fingerprint density at radius 3 is 2.43 bits per heavy atom. The van der Waals surface area contributed by atoms with E-state index in [0.29, 0.717) is 11.8 Å². The molecule has 2 heterocycles. The van der Waals surface area contributed by atoms with Gasteiger partial charge in [-0.25, -0.2) is 9.37 Å². The quantitative estimate of drug-likeness (QED) is 0.456. The second kappa shape index (κ2) is 9.91. The number of piperidine rings is 1. The lowest BCUT2D eigenvalue weighted by Gasteiger charge is -2.38. The minimum atomic E-state index is -4.73. The zero-order chi connectivity index (χ0) is 25.1. The van der Waals surface area contributed by atoms with Crippen LogP contribution in [-0.4, -0.2) is 40.3 Å². The number of hydrogen-bond donors (Lipinski definition) is 2. The lowest BCUT2D eigenvalue weighted by Crippen LogP contribution is -2.50. The first kappa shape index (κ1) is 24.5. The van der Waals surface area contributed by atoms with Crippen LogP contribution in [0.25, 0.3) is 5.70 Å². The zero-order valence-corrected chi connectivity index (χ0v) is 18.7. The Bertz CT molecular complexity index is 1180. The molecular formula is C25H24F4N4O2. The highest BCUT2D eigenvalue weighted by atomic mass is 19.4. The Labute approximate surface area is 199 Å². The van der Waals surface area contributed by atoms with Crippen LogP contribution in [0.2, 0.25) is 0 Å². The number of halogens is 4. The van der Waals surface area contributed by atoms with Gasteiger partial charge in [0, 0.05) is 37.5 Å². The highest BCUT2D eigenvalue weighted by Crippen LogP contribution is 2.33. The molecule has 1 aliphatic rings. The molecule has 0 unspecified atom stereocenters. The van der Waals surface area contributed by atoms with Gasteiger partial charge in [0.1, 0.15) is 11.6 Å². The average Bonchev–Trinajstić information content (AvgIpc) is 2.83. The molecule has 0 bridgehead atoms. The number of rotatable bonds is 7. The Morgan fingerprint density at radius 1 is 1.06 bits per heavy atom. The monoisotopic (exact) mass is 488 g/mol. The van der Waals surface area contributed by atoms with E-state index in [-0.39, 0.29) is 50.1 Å². The molecule has 1 saturated heterocycles. The topological polar surface area (TPSA) is 70.5 Å². The summed E-state index contributed by atoms with van der Waals surface area (Å²) >= 11 is 0. The normalized spacial score (nSPS) is 15.5. The molecule has 0 amide bonds. The van der Waals surface area contributed by atoms with E-state index in [4.69, 9.17) is 4.74 Å². The maximum atomic E-state index is 13.5. The van der Waals surface area contributed by atoms with Crippen LogP contribution in [0.1, 0.15) is 24.1 Å². The smallest absolute Gasteiger partial charge is 0.433 e. The predicted octanol–water partition coefficient (Wildman–Crippen LogP) is 5.02. The highest BCUT2D eigenvalue weighted by molar-refractivity contribution is 5.61. The summed E-state index contributed by atoms with van der Waals surface area (Å²) in [4.78, 5) is 9.35. The maximum Gasteiger partial charge on any atom is 0.433 e. The molecule has 1 aliphatic heterocycles. The molecule has 2 N–H and O–H groups in total. The Balaban J connectivity index is 1.45. The summed E-state index contributed by atoms with van der Waals surface area (Å²) in [6, 6.07) is 15.2. The van der Waals surface area contributed by atoms with Gasteiger partial charge in [-0.1, -0.05) is 43.0 Å². The van der Waals surface area contributed by atoms with Crippen molar-refractivity contribution in [1.82, 2.24) is 15.3 Å². The number of nitrogens with zero attached hydrogens (tertiary/aromatic N) is 3. The maximum absolute atomic E-state index is 13.5. The number of ether oxygens (including phenoxy) is 1. The number of alkyl halides is 3. The van der Waals surface area contributed by atoms with E-state index in [2.05, 4.69) is 21.9 Å². The summed E-state index contributed by atoms with van der Waals surface area (Å²) in [6.07, 6.45) is -4.17. The second-order valence-corrected chi connectivity index (χ2v) is 8.36. The van der Waals surface area contributed by atoms with Crippen molar-refractivity contribution in [3.05, 3.63) is 84.3 Å². The SMILES string of the molecule is C=C(NCC1(O)CCN(c2nc(Oc3cccc(F)c3)cc(C(F)(F)F)n2)CC1)c1ccccc1. The van der Waals surface area contributed by atoms with Crippen LogP contribution in [0.4, 0.5) is 23.5 Å². The van der Waals surface area contributed by atoms with Crippen molar-refractivity contribution >= 4 is 11.6 Å². The van der Waals surface area contributed by atoms with E-state index in [1.807, 2.05) is 30.3 Å². The fraction of sp³-hybridized carbons (Fsp3) is 0.280. The van der Waals surface area contributed by atoms with Gasteiger partial charge in [-0.15, -0.1) is 0 Å². The van der Waals surface area contributed by atoms with Crippen molar-refractivity contribution in [3.8, 4) is 11.6 Å². The van der Waals surface area contributed by atoms with Gasteiger partial charge >= 0.3 is 6.18 Å². The Morgan fingerprint density at radius 2 is 1.77 bits per heavy atom. The number of aliphatic hydroxyl groups is 1. The van der Waals surface area contributed by atoms with Crippen molar-refractivity contribution in [2.75, 3.05) is 24.5 Å². The average molecular weight is 488 g/mol. The molecule has 1 aromatic heterocycles. The van der Waals surface area contributed by atoms with Crippen molar-refractivity contribution < 1.29 is 27.4 Å². The molecule has 10 heteroatoms. The lowest BCUT2D eigenvalue weighted by molar-refractivity contribution is -0.141. The van der Waals surface area contributed by atoms with E-state index >= 15 is 0 Å². The van der Waals surface area contributed by atoms with Crippen LogP contribution in [0, 0.1) is 5.82 Å². The van der Waals surface area contributed by atoms with Gasteiger partial charge in [-0.05, 0) is 30.5 Å². The Kier molecular flexibility index (Phi) is 6.93. The van der Waals surface area contributed by atoms with Gasteiger partial charge < -0.3 is 20.1 Å². The third-order valence-electron chi connectivity index (χ3n) is 5.73. The van der Waals surface area contributed by atoms with Gasteiger partial charge in [0.2, 0.25) is 11.8 Å². The van der Waals surface area contributed by atoms with Crippen LogP contribution in [0.3, 0.4) is 0 Å². The number of aromatic nitrogens is 2. The highest BCUT2D eigenvalue weighted by Gasteiger charge is 2.37. The molecule has 35 heavy (non-hydrogen) atoms. The fourth-order valence-corrected chi connectivity index (χ4v) is 3.72. The summed E-state index contributed by atoms with van der Waals surface area (Å²) in [6.45, 7) is 4.70. The largest absolute Gasteiger partial charge is 0.439 e. The van der Waals surface area contributed by atoms with Gasteiger partial charge in [0.05, 0.1) is 5.60 Å². The van der Waals surface area contributed by atoms with E-state index in [0.717, 1.165) is 11.6 Å². The summed E-state index contributed by atoms with van der Waals surface area (Å²) in [5.41, 5.74) is -0.675. The molecule has 0 saturated carbocycles. The standard InChI is InChI=1S/C25H24F4N4O2/c1-17(18-6-3-2-4-7-18)30-16-24(34)10-12-33(13-11-24)23-31-21(25(27,28)29)15-22(32-23)35-20-9-5-8-19(26)14-20/h2-9,14-15,30,34H,1,10-13,16H2. The summed E-state index contributed by atoms with van der Waals surface area (Å²) in [5, 5.41) is 14.1. The molecule has 0 spiro atoms. The van der Waals surface area contributed by atoms with Crippen LogP contribution in [-0.2, 0) is 6.18 Å². The first-order valence-electron chi connectivity index (χ1n) is 11.0. The summed E-state index contributed by atoms with van der Waals surface area (Å²) < 4.78 is 59.3. The molecule has 2 aromatic carbocycles. The molecular weight excluding hydrogens is 464 g/mol. The number of hydrogen-bond acceptors (Lipinski definition) is 6. The Hall–Kier alpha value is -3.66.